The number of nitrogens with zero attached hydrogens (tertiary/aromatic N) is 2. The second-order valence-corrected chi connectivity index (χ2v) is 6.96. The summed E-state index contributed by atoms with van der Waals surface area (Å²) in [6, 6.07) is 15.8. The number of halogens is 1. The van der Waals surface area contributed by atoms with Gasteiger partial charge in [0, 0.05) is 36.9 Å². The predicted octanol–water partition coefficient (Wildman–Crippen LogP) is 3.32. The molecule has 1 aliphatic rings. The molecule has 0 radical (unpaired) electrons. The molecule has 2 aromatic carbocycles. The minimum absolute atomic E-state index is 0.0633. The first-order valence-corrected chi connectivity index (χ1v) is 8.89. The molecule has 1 atom stereocenters. The lowest BCUT2D eigenvalue weighted by atomic mass is 10.1. The van der Waals surface area contributed by atoms with Gasteiger partial charge in [0.1, 0.15) is 5.82 Å². The Hall–Kier alpha value is -3.15. The van der Waals surface area contributed by atoms with Gasteiger partial charge in [0.2, 0.25) is 11.8 Å². The lowest BCUT2D eigenvalue weighted by Crippen LogP contribution is -2.34. The molecule has 2 amide bonds. The number of carbonyl (C=O) groups excluding carboxylic acids is 2. The molecular weight excluding hydrogens is 345 g/mol. The zero-order valence-electron chi connectivity index (χ0n) is 15.0. The lowest BCUT2D eigenvalue weighted by Gasteiger charge is -2.21. The van der Waals surface area contributed by atoms with Crippen LogP contribution >= 0.6 is 0 Å². The van der Waals surface area contributed by atoms with Crippen LogP contribution in [0, 0.1) is 11.7 Å². The topological polar surface area (TPSA) is 56.4 Å². The van der Waals surface area contributed by atoms with Crippen molar-refractivity contribution in [2.24, 2.45) is 5.92 Å². The Balaban J connectivity index is 1.44. The molecule has 1 N–H and O–H groups in total. The number of hydrogen-bond donors (Lipinski definition) is 1. The summed E-state index contributed by atoms with van der Waals surface area (Å²) < 4.78 is 13.1. The number of hydrogen-bond acceptors (Lipinski definition) is 2. The van der Waals surface area contributed by atoms with Crippen molar-refractivity contribution in [2.75, 3.05) is 18.5 Å². The molecular formula is C21H20FN3O2. The van der Waals surface area contributed by atoms with Crippen molar-refractivity contribution in [1.82, 2.24) is 9.88 Å². The zero-order chi connectivity index (χ0) is 19.0. The van der Waals surface area contributed by atoms with Gasteiger partial charge in [-0.05, 0) is 41.8 Å². The van der Waals surface area contributed by atoms with Crippen LogP contribution in [0.4, 0.5) is 10.1 Å². The molecule has 4 rings (SSSR count). The highest BCUT2D eigenvalue weighted by molar-refractivity contribution is 6.00. The number of fused-ring (bicyclic) bond motifs is 1. The maximum Gasteiger partial charge on any atom is 0.228 e. The average molecular weight is 365 g/mol. The van der Waals surface area contributed by atoms with Gasteiger partial charge in [0.15, 0.2) is 0 Å². The molecule has 2 heterocycles. The fourth-order valence-corrected chi connectivity index (χ4v) is 3.61. The molecule has 0 spiro atoms. The number of anilines is 1. The van der Waals surface area contributed by atoms with E-state index in [2.05, 4.69) is 4.98 Å². The van der Waals surface area contributed by atoms with Crippen LogP contribution in [0.2, 0.25) is 0 Å². The van der Waals surface area contributed by atoms with E-state index in [1.807, 2.05) is 30.3 Å². The van der Waals surface area contributed by atoms with Crippen LogP contribution in [0.25, 0.3) is 10.9 Å². The van der Waals surface area contributed by atoms with Gasteiger partial charge in [-0.1, -0.05) is 18.2 Å². The molecule has 1 aliphatic heterocycles. The van der Waals surface area contributed by atoms with E-state index in [4.69, 9.17) is 0 Å². The molecule has 1 fully saturated rings. The predicted molar refractivity (Wildman–Crippen MR) is 102 cm³/mol. The number of H-pyrrole nitrogens is 1. The van der Waals surface area contributed by atoms with Gasteiger partial charge in [-0.15, -0.1) is 0 Å². The lowest BCUT2D eigenvalue weighted by molar-refractivity contribution is -0.135. The molecule has 0 aliphatic carbocycles. The minimum Gasteiger partial charge on any atom is -0.357 e. The fraction of sp³-hybridized carbons (Fsp3) is 0.238. The molecule has 5 nitrogen and oxygen atoms in total. The van der Waals surface area contributed by atoms with Crippen LogP contribution in [-0.2, 0) is 16.1 Å². The smallest absolute Gasteiger partial charge is 0.228 e. The molecule has 1 aromatic heterocycles. The first-order chi connectivity index (χ1) is 13.0. The van der Waals surface area contributed by atoms with E-state index >= 15 is 0 Å². The highest BCUT2D eigenvalue weighted by Gasteiger charge is 2.36. The zero-order valence-corrected chi connectivity index (χ0v) is 15.0. The number of aromatic nitrogens is 1. The summed E-state index contributed by atoms with van der Waals surface area (Å²) in [6.07, 6.45) is 0.174. The Morgan fingerprint density at radius 1 is 1.22 bits per heavy atom. The highest BCUT2D eigenvalue weighted by atomic mass is 19.1. The third kappa shape index (κ3) is 3.43. The van der Waals surface area contributed by atoms with Gasteiger partial charge >= 0.3 is 0 Å². The van der Waals surface area contributed by atoms with Crippen molar-refractivity contribution in [3.63, 3.8) is 0 Å². The van der Waals surface area contributed by atoms with E-state index in [0.29, 0.717) is 18.8 Å². The molecule has 1 unspecified atom stereocenters. The Kier molecular flexibility index (Phi) is 4.39. The van der Waals surface area contributed by atoms with Crippen LogP contribution in [-0.4, -0.2) is 35.3 Å². The number of amides is 2. The summed E-state index contributed by atoms with van der Waals surface area (Å²) in [5, 5.41) is 1.10. The van der Waals surface area contributed by atoms with Gasteiger partial charge in [0.25, 0.3) is 0 Å². The maximum absolute atomic E-state index is 13.1. The molecule has 27 heavy (non-hydrogen) atoms. The standard InChI is InChI=1S/C21H20FN3O2/c1-24(13-17-10-14-4-2-3-5-19(14)23-17)21(27)15-11-20(26)25(12-15)18-8-6-16(22)7-9-18/h2-10,15,23H,11-13H2,1H3. The van der Waals surface area contributed by atoms with E-state index in [9.17, 15) is 14.0 Å². The van der Waals surface area contributed by atoms with Crippen molar-refractivity contribution in [3.05, 3.63) is 66.1 Å². The third-order valence-corrected chi connectivity index (χ3v) is 4.98. The van der Waals surface area contributed by atoms with Gasteiger partial charge < -0.3 is 14.8 Å². The van der Waals surface area contributed by atoms with E-state index in [0.717, 1.165) is 16.6 Å². The van der Waals surface area contributed by atoms with E-state index in [1.54, 1.807) is 29.0 Å². The Morgan fingerprint density at radius 3 is 2.70 bits per heavy atom. The number of rotatable bonds is 4. The van der Waals surface area contributed by atoms with Gasteiger partial charge in [-0.3, -0.25) is 9.59 Å². The largest absolute Gasteiger partial charge is 0.357 e. The average Bonchev–Trinajstić information content (AvgIpc) is 3.24. The number of carbonyl (C=O) groups is 2. The van der Waals surface area contributed by atoms with Crippen molar-refractivity contribution < 1.29 is 14.0 Å². The molecule has 0 bridgehead atoms. The first-order valence-electron chi connectivity index (χ1n) is 8.89. The van der Waals surface area contributed by atoms with E-state index < -0.39 is 5.92 Å². The minimum atomic E-state index is -0.392. The Morgan fingerprint density at radius 2 is 1.96 bits per heavy atom. The summed E-state index contributed by atoms with van der Waals surface area (Å²) in [7, 11) is 1.75. The second-order valence-electron chi connectivity index (χ2n) is 6.96. The van der Waals surface area contributed by atoms with Gasteiger partial charge in [-0.2, -0.15) is 0 Å². The number of nitrogens with one attached hydrogen (secondary N) is 1. The van der Waals surface area contributed by atoms with Crippen LogP contribution in [0.3, 0.4) is 0 Å². The molecule has 6 heteroatoms. The van der Waals surface area contributed by atoms with Crippen molar-refractivity contribution in [2.45, 2.75) is 13.0 Å². The summed E-state index contributed by atoms with van der Waals surface area (Å²) in [6.45, 7) is 0.773. The quantitative estimate of drug-likeness (QED) is 0.771. The maximum atomic E-state index is 13.1. The Bertz CT molecular complexity index is 963. The van der Waals surface area contributed by atoms with E-state index in [-0.39, 0.29) is 24.1 Å². The normalized spacial score (nSPS) is 16.9. The summed E-state index contributed by atoms with van der Waals surface area (Å²) in [4.78, 5) is 31.7. The second kappa shape index (κ2) is 6.87. The monoisotopic (exact) mass is 365 g/mol. The third-order valence-electron chi connectivity index (χ3n) is 4.98. The van der Waals surface area contributed by atoms with E-state index in [1.165, 1.54) is 12.1 Å². The SMILES string of the molecule is CN(Cc1cc2ccccc2[nH]1)C(=O)C1CC(=O)N(c2ccc(F)cc2)C1. The molecule has 138 valence electrons. The number of benzene rings is 2. The van der Waals surface area contributed by atoms with Crippen LogP contribution in [0.5, 0.6) is 0 Å². The summed E-state index contributed by atoms with van der Waals surface area (Å²) >= 11 is 0. The van der Waals surface area contributed by atoms with Crippen molar-refractivity contribution in [3.8, 4) is 0 Å². The Labute approximate surface area is 156 Å². The van der Waals surface area contributed by atoms with Crippen molar-refractivity contribution in [1.29, 1.82) is 0 Å². The van der Waals surface area contributed by atoms with Gasteiger partial charge in [0.05, 0.1) is 12.5 Å². The summed E-state index contributed by atoms with van der Waals surface area (Å²) in [5.41, 5.74) is 2.61. The summed E-state index contributed by atoms with van der Waals surface area (Å²) in [5.74, 6) is -0.918. The molecule has 1 saturated heterocycles. The van der Waals surface area contributed by atoms with Crippen LogP contribution in [0.15, 0.2) is 54.6 Å². The first kappa shape index (κ1) is 17.3. The highest BCUT2D eigenvalue weighted by Crippen LogP contribution is 2.27. The molecule has 3 aromatic rings. The number of para-hydroxylation sites is 1. The fourth-order valence-electron chi connectivity index (χ4n) is 3.61. The van der Waals surface area contributed by atoms with Gasteiger partial charge in [-0.25, -0.2) is 4.39 Å². The van der Waals surface area contributed by atoms with Crippen LogP contribution in [0.1, 0.15) is 12.1 Å². The number of aromatic amines is 1. The van der Waals surface area contributed by atoms with Crippen molar-refractivity contribution >= 4 is 28.4 Å². The van der Waals surface area contributed by atoms with Crippen LogP contribution < -0.4 is 4.90 Å². The molecule has 0 saturated carbocycles.